The van der Waals surface area contributed by atoms with Crippen molar-refractivity contribution in [2.24, 2.45) is 0 Å². The lowest BCUT2D eigenvalue weighted by atomic mass is 10.1. The number of hydrogen-bond acceptors (Lipinski definition) is 3. The molecule has 0 spiro atoms. The van der Waals surface area contributed by atoms with Gasteiger partial charge in [-0.05, 0) is 35.7 Å². The summed E-state index contributed by atoms with van der Waals surface area (Å²) in [7, 11) is -3.01. The Morgan fingerprint density at radius 3 is 2.33 bits per heavy atom. The zero-order valence-electron chi connectivity index (χ0n) is 13.8. The Hall–Kier alpha value is -2.45. The van der Waals surface area contributed by atoms with Gasteiger partial charge in [-0.1, -0.05) is 35.9 Å². The van der Waals surface area contributed by atoms with Crippen LogP contribution < -0.4 is 9.46 Å². The zero-order chi connectivity index (χ0) is 19.8. The van der Waals surface area contributed by atoms with Crippen molar-refractivity contribution in [3.8, 4) is 5.75 Å². The van der Waals surface area contributed by atoms with Crippen LogP contribution in [0.2, 0.25) is 5.02 Å². The van der Waals surface area contributed by atoms with Gasteiger partial charge in [0.25, 0.3) is 10.0 Å². The molecule has 0 unspecified atom stereocenters. The molecule has 0 saturated heterocycles. The summed E-state index contributed by atoms with van der Waals surface area (Å²) in [4.78, 5) is -0.148. The Kier molecular flexibility index (Phi) is 4.96. The van der Waals surface area contributed by atoms with Gasteiger partial charge in [0.1, 0.15) is 5.75 Å². The first-order valence-electron chi connectivity index (χ1n) is 7.59. The van der Waals surface area contributed by atoms with Crippen molar-refractivity contribution in [1.29, 1.82) is 0 Å². The van der Waals surface area contributed by atoms with E-state index in [0.29, 0.717) is 11.5 Å². The fraction of sp³-hybridized carbons (Fsp3) is 0.111. The van der Waals surface area contributed by atoms with Crippen molar-refractivity contribution in [2.45, 2.75) is 11.1 Å². The van der Waals surface area contributed by atoms with Crippen molar-refractivity contribution in [1.82, 2.24) is 0 Å². The van der Waals surface area contributed by atoms with Gasteiger partial charge in [0.05, 0.1) is 23.3 Å². The van der Waals surface area contributed by atoms with Crippen molar-refractivity contribution in [3.63, 3.8) is 0 Å². The third kappa shape index (κ3) is 3.81. The summed E-state index contributed by atoms with van der Waals surface area (Å²) in [6.45, 7) is 0. The first-order chi connectivity index (χ1) is 12.6. The first-order valence-corrected chi connectivity index (χ1v) is 9.45. The molecular weight excluding hydrogens is 403 g/mol. The predicted molar refractivity (Wildman–Crippen MR) is 97.8 cm³/mol. The lowest BCUT2D eigenvalue weighted by Gasteiger charge is -2.16. The monoisotopic (exact) mass is 415 g/mol. The molecule has 3 aromatic rings. The maximum Gasteiger partial charge on any atom is 0.416 e. The number of hydrogen-bond donors (Lipinski definition) is 1. The average molecular weight is 416 g/mol. The van der Waals surface area contributed by atoms with Gasteiger partial charge in [0, 0.05) is 10.4 Å². The highest BCUT2D eigenvalue weighted by molar-refractivity contribution is 7.93. The number of halogens is 4. The Balaban J connectivity index is 2.14. The number of ether oxygens (including phenoxy) is 1. The van der Waals surface area contributed by atoms with Crippen LogP contribution in [0.4, 0.5) is 18.9 Å². The van der Waals surface area contributed by atoms with Crippen LogP contribution in [-0.2, 0) is 16.2 Å². The molecule has 142 valence electrons. The van der Waals surface area contributed by atoms with E-state index in [9.17, 15) is 21.6 Å². The standard InChI is InChI=1S/C18H13ClF3NO3S/c1-26-15-9-8-12(18(20,21)22)10-14(15)23-27(24,25)16-7-3-5-11-4-2-6-13(19)17(11)16/h2-10,23H,1H3. The molecule has 0 heterocycles. The summed E-state index contributed by atoms with van der Waals surface area (Å²) in [6.07, 6.45) is -4.63. The molecule has 3 rings (SSSR count). The lowest BCUT2D eigenvalue weighted by molar-refractivity contribution is -0.137. The van der Waals surface area contributed by atoms with Crippen LogP contribution in [0.3, 0.4) is 0 Å². The zero-order valence-corrected chi connectivity index (χ0v) is 15.4. The van der Waals surface area contributed by atoms with E-state index >= 15 is 0 Å². The summed E-state index contributed by atoms with van der Waals surface area (Å²) in [5.74, 6) is -0.0436. The lowest BCUT2D eigenvalue weighted by Crippen LogP contribution is -2.15. The van der Waals surface area contributed by atoms with Crippen LogP contribution in [0, 0.1) is 0 Å². The molecular formula is C18H13ClF3NO3S. The molecule has 0 atom stereocenters. The number of benzene rings is 3. The van der Waals surface area contributed by atoms with Crippen LogP contribution in [0.1, 0.15) is 5.56 Å². The number of rotatable bonds is 4. The quantitative estimate of drug-likeness (QED) is 0.627. The van der Waals surface area contributed by atoms with E-state index in [2.05, 4.69) is 4.72 Å². The highest BCUT2D eigenvalue weighted by Gasteiger charge is 2.32. The van der Waals surface area contributed by atoms with E-state index in [-0.39, 0.29) is 26.7 Å². The van der Waals surface area contributed by atoms with Gasteiger partial charge in [0.2, 0.25) is 0 Å². The average Bonchev–Trinajstić information content (AvgIpc) is 2.60. The largest absolute Gasteiger partial charge is 0.495 e. The van der Waals surface area contributed by atoms with Crippen molar-refractivity contribution in [3.05, 3.63) is 65.2 Å². The van der Waals surface area contributed by atoms with E-state index < -0.39 is 21.8 Å². The third-order valence-corrected chi connectivity index (χ3v) is 5.60. The van der Waals surface area contributed by atoms with Gasteiger partial charge in [0.15, 0.2) is 0 Å². The van der Waals surface area contributed by atoms with Gasteiger partial charge in [-0.2, -0.15) is 13.2 Å². The predicted octanol–water partition coefficient (Wildman–Crippen LogP) is 5.32. The molecule has 1 N–H and O–H groups in total. The molecule has 0 radical (unpaired) electrons. The van der Waals surface area contributed by atoms with Gasteiger partial charge < -0.3 is 4.74 Å². The van der Waals surface area contributed by atoms with Crippen LogP contribution in [0.15, 0.2) is 59.5 Å². The number of alkyl halides is 3. The van der Waals surface area contributed by atoms with E-state index in [1.807, 2.05) is 0 Å². The minimum atomic E-state index is -4.63. The van der Waals surface area contributed by atoms with E-state index in [1.54, 1.807) is 18.2 Å². The Morgan fingerprint density at radius 1 is 1.04 bits per heavy atom. The summed E-state index contributed by atoms with van der Waals surface area (Å²) in [5.41, 5.74) is -1.33. The summed E-state index contributed by atoms with van der Waals surface area (Å²) >= 11 is 6.15. The molecule has 3 aromatic carbocycles. The molecule has 0 bridgehead atoms. The Bertz CT molecular complexity index is 1110. The van der Waals surface area contributed by atoms with E-state index in [1.165, 1.54) is 25.3 Å². The molecule has 27 heavy (non-hydrogen) atoms. The molecule has 0 aliphatic rings. The molecule has 0 saturated carbocycles. The SMILES string of the molecule is COc1ccc(C(F)(F)F)cc1NS(=O)(=O)c1cccc2cccc(Cl)c12. The van der Waals surface area contributed by atoms with Crippen LogP contribution in [-0.4, -0.2) is 15.5 Å². The molecule has 0 fully saturated rings. The summed E-state index contributed by atoms with van der Waals surface area (Å²) in [5, 5.41) is 1.07. The number of sulfonamides is 1. The highest BCUT2D eigenvalue weighted by Crippen LogP contribution is 2.37. The summed E-state index contributed by atoms with van der Waals surface area (Å²) in [6, 6.07) is 12.0. The van der Waals surface area contributed by atoms with Gasteiger partial charge in [-0.3, -0.25) is 4.72 Å². The smallest absolute Gasteiger partial charge is 0.416 e. The van der Waals surface area contributed by atoms with Gasteiger partial charge in [-0.25, -0.2) is 8.42 Å². The second-order valence-corrected chi connectivity index (χ2v) is 7.67. The molecule has 9 heteroatoms. The van der Waals surface area contributed by atoms with Crippen LogP contribution in [0.25, 0.3) is 10.8 Å². The second kappa shape index (κ2) is 6.94. The highest BCUT2D eigenvalue weighted by atomic mass is 35.5. The molecule has 0 aliphatic carbocycles. The van der Waals surface area contributed by atoms with Gasteiger partial charge in [-0.15, -0.1) is 0 Å². The normalized spacial score (nSPS) is 12.2. The van der Waals surface area contributed by atoms with Gasteiger partial charge >= 0.3 is 6.18 Å². The number of fused-ring (bicyclic) bond motifs is 1. The topological polar surface area (TPSA) is 55.4 Å². The van der Waals surface area contributed by atoms with Crippen molar-refractivity contribution < 1.29 is 26.3 Å². The van der Waals surface area contributed by atoms with Crippen molar-refractivity contribution >= 4 is 38.1 Å². The fourth-order valence-electron chi connectivity index (χ4n) is 2.65. The Labute approximate surface area is 158 Å². The maximum absolute atomic E-state index is 13.0. The number of methoxy groups -OCH3 is 1. The van der Waals surface area contributed by atoms with Crippen LogP contribution >= 0.6 is 11.6 Å². The number of anilines is 1. The Morgan fingerprint density at radius 2 is 1.70 bits per heavy atom. The number of nitrogens with one attached hydrogen (secondary N) is 1. The van der Waals surface area contributed by atoms with Crippen molar-refractivity contribution in [2.75, 3.05) is 11.8 Å². The third-order valence-electron chi connectivity index (χ3n) is 3.88. The minimum Gasteiger partial charge on any atom is -0.495 e. The molecule has 0 aliphatic heterocycles. The molecule has 0 amide bonds. The minimum absolute atomic E-state index is 0.0436. The van der Waals surface area contributed by atoms with E-state index in [4.69, 9.17) is 16.3 Å². The second-order valence-electron chi connectivity index (χ2n) is 5.61. The molecule has 4 nitrogen and oxygen atoms in total. The van der Waals surface area contributed by atoms with E-state index in [0.717, 1.165) is 12.1 Å². The molecule has 0 aromatic heterocycles. The maximum atomic E-state index is 13.0. The van der Waals surface area contributed by atoms with Crippen LogP contribution in [0.5, 0.6) is 5.75 Å². The fourth-order valence-corrected chi connectivity index (χ4v) is 4.30. The first kappa shape index (κ1) is 19.3. The summed E-state index contributed by atoms with van der Waals surface area (Å²) < 4.78 is 71.9.